The molecule has 1 spiro atoms. The number of benzene rings is 1. The molecule has 2 aliphatic heterocycles. The van der Waals surface area contributed by atoms with Crippen molar-refractivity contribution in [2.75, 3.05) is 26.2 Å². The summed E-state index contributed by atoms with van der Waals surface area (Å²) in [6, 6.07) is 3.26. The Morgan fingerprint density at radius 1 is 1.12 bits per heavy atom. The van der Waals surface area contributed by atoms with Gasteiger partial charge in [-0.15, -0.1) is 0 Å². The Hall–Kier alpha value is -1.76. The standard InChI is InChI=1S/C18H20ClF3N2O2/c1-12(25)23-7-2-5-17(10-23)6-8-24(11-17)16(26)13-3-4-15(19)14(9-13)18(20,21)22/h3-4,9H,2,5-8,10-11H2,1H3/t17-/m0/s1. The third-order valence-electron chi connectivity index (χ3n) is 5.35. The second-order valence-corrected chi connectivity index (χ2v) is 7.62. The van der Waals surface area contributed by atoms with Crippen molar-refractivity contribution in [2.45, 2.75) is 32.4 Å². The fourth-order valence-electron chi connectivity index (χ4n) is 3.98. The maximum atomic E-state index is 13.0. The van der Waals surface area contributed by atoms with Gasteiger partial charge in [-0.1, -0.05) is 11.6 Å². The molecule has 2 heterocycles. The Balaban J connectivity index is 1.77. The van der Waals surface area contributed by atoms with Crippen LogP contribution in [0.15, 0.2) is 18.2 Å². The number of hydrogen-bond acceptors (Lipinski definition) is 2. The number of nitrogens with zero attached hydrogens (tertiary/aromatic N) is 2. The van der Waals surface area contributed by atoms with Crippen molar-refractivity contribution in [3.63, 3.8) is 0 Å². The summed E-state index contributed by atoms with van der Waals surface area (Å²) in [6.07, 6.45) is -2.07. The van der Waals surface area contributed by atoms with E-state index in [1.165, 1.54) is 13.0 Å². The fourth-order valence-corrected chi connectivity index (χ4v) is 4.20. The molecule has 0 saturated carbocycles. The molecule has 26 heavy (non-hydrogen) atoms. The highest BCUT2D eigenvalue weighted by Gasteiger charge is 2.43. The van der Waals surface area contributed by atoms with E-state index >= 15 is 0 Å². The maximum Gasteiger partial charge on any atom is 0.417 e. The average molecular weight is 389 g/mol. The molecule has 0 aliphatic carbocycles. The zero-order valence-electron chi connectivity index (χ0n) is 14.4. The smallest absolute Gasteiger partial charge is 0.342 e. The van der Waals surface area contributed by atoms with E-state index in [2.05, 4.69) is 0 Å². The van der Waals surface area contributed by atoms with Gasteiger partial charge in [0, 0.05) is 44.1 Å². The second-order valence-electron chi connectivity index (χ2n) is 7.21. The van der Waals surface area contributed by atoms with Gasteiger partial charge in [0.15, 0.2) is 0 Å². The lowest BCUT2D eigenvalue weighted by atomic mass is 9.79. The lowest BCUT2D eigenvalue weighted by Gasteiger charge is -2.40. The number of likely N-dealkylation sites (tertiary alicyclic amines) is 2. The van der Waals surface area contributed by atoms with Gasteiger partial charge < -0.3 is 9.80 Å². The predicted octanol–water partition coefficient (Wildman–Crippen LogP) is 3.83. The van der Waals surface area contributed by atoms with Crippen LogP contribution in [0.25, 0.3) is 0 Å². The van der Waals surface area contributed by atoms with Crippen LogP contribution in [0, 0.1) is 5.41 Å². The topological polar surface area (TPSA) is 40.6 Å². The van der Waals surface area contributed by atoms with Gasteiger partial charge in [-0.3, -0.25) is 9.59 Å². The second kappa shape index (κ2) is 6.76. The molecule has 142 valence electrons. The van der Waals surface area contributed by atoms with Crippen molar-refractivity contribution < 1.29 is 22.8 Å². The monoisotopic (exact) mass is 388 g/mol. The van der Waals surface area contributed by atoms with Crippen LogP contribution in [0.5, 0.6) is 0 Å². The van der Waals surface area contributed by atoms with E-state index in [0.717, 1.165) is 37.9 Å². The van der Waals surface area contributed by atoms with Crippen LogP contribution >= 0.6 is 11.6 Å². The Kier molecular flexibility index (Phi) is 4.94. The maximum absolute atomic E-state index is 13.0. The van der Waals surface area contributed by atoms with Crippen molar-refractivity contribution in [3.8, 4) is 0 Å². The molecule has 0 aromatic heterocycles. The van der Waals surface area contributed by atoms with E-state index < -0.39 is 22.7 Å². The summed E-state index contributed by atoms with van der Waals surface area (Å²) < 4.78 is 39.1. The SMILES string of the molecule is CC(=O)N1CCC[C@]2(CCN(C(=O)c3ccc(Cl)c(C(F)(F)F)c3)C2)C1. The van der Waals surface area contributed by atoms with Gasteiger partial charge in [-0.05, 0) is 37.5 Å². The van der Waals surface area contributed by atoms with Crippen LogP contribution in [-0.2, 0) is 11.0 Å². The van der Waals surface area contributed by atoms with Crippen molar-refractivity contribution in [2.24, 2.45) is 5.41 Å². The number of rotatable bonds is 1. The molecule has 1 aromatic carbocycles. The molecule has 0 radical (unpaired) electrons. The van der Waals surface area contributed by atoms with Crippen LogP contribution in [0.2, 0.25) is 5.02 Å². The number of halogens is 4. The Bertz CT molecular complexity index is 738. The zero-order valence-corrected chi connectivity index (χ0v) is 15.2. The molecular formula is C18H20ClF3N2O2. The molecule has 4 nitrogen and oxygen atoms in total. The van der Waals surface area contributed by atoms with Crippen molar-refractivity contribution >= 4 is 23.4 Å². The summed E-state index contributed by atoms with van der Waals surface area (Å²) in [5, 5.41) is -0.420. The summed E-state index contributed by atoms with van der Waals surface area (Å²) in [5.74, 6) is -0.412. The summed E-state index contributed by atoms with van der Waals surface area (Å²) >= 11 is 5.63. The molecule has 2 fully saturated rings. The van der Waals surface area contributed by atoms with Crippen LogP contribution in [-0.4, -0.2) is 47.8 Å². The van der Waals surface area contributed by atoms with Crippen molar-refractivity contribution in [3.05, 3.63) is 34.3 Å². The molecule has 2 amide bonds. The number of piperidine rings is 1. The fraction of sp³-hybridized carbons (Fsp3) is 0.556. The van der Waals surface area contributed by atoms with Gasteiger partial charge in [0.2, 0.25) is 5.91 Å². The number of amides is 2. The normalized spacial score (nSPS) is 23.6. The van der Waals surface area contributed by atoms with E-state index in [-0.39, 0.29) is 16.9 Å². The van der Waals surface area contributed by atoms with Gasteiger partial charge in [0.1, 0.15) is 0 Å². The minimum atomic E-state index is -4.61. The number of carbonyl (C=O) groups excluding carboxylic acids is 2. The molecule has 0 N–H and O–H groups in total. The van der Waals surface area contributed by atoms with E-state index in [1.807, 2.05) is 0 Å². The Labute approximate surface area is 154 Å². The molecule has 3 rings (SSSR count). The van der Waals surface area contributed by atoms with Gasteiger partial charge in [-0.2, -0.15) is 13.2 Å². The number of hydrogen-bond donors (Lipinski definition) is 0. The summed E-state index contributed by atoms with van der Waals surface area (Å²) in [4.78, 5) is 27.8. The van der Waals surface area contributed by atoms with Gasteiger partial charge in [0.25, 0.3) is 5.91 Å². The predicted molar refractivity (Wildman–Crippen MR) is 90.9 cm³/mol. The number of alkyl halides is 3. The minimum Gasteiger partial charge on any atom is -0.342 e. The molecular weight excluding hydrogens is 369 g/mol. The highest BCUT2D eigenvalue weighted by atomic mass is 35.5. The van der Waals surface area contributed by atoms with Gasteiger partial charge in [0.05, 0.1) is 10.6 Å². The minimum absolute atomic E-state index is 0.0152. The molecule has 0 bridgehead atoms. The highest BCUT2D eigenvalue weighted by Crippen LogP contribution is 2.40. The van der Waals surface area contributed by atoms with E-state index in [9.17, 15) is 22.8 Å². The van der Waals surface area contributed by atoms with Gasteiger partial charge in [-0.25, -0.2) is 0 Å². The van der Waals surface area contributed by atoms with Gasteiger partial charge >= 0.3 is 6.18 Å². The first-order valence-electron chi connectivity index (χ1n) is 8.53. The molecule has 0 unspecified atom stereocenters. The molecule has 8 heteroatoms. The van der Waals surface area contributed by atoms with Crippen LogP contribution in [0.4, 0.5) is 13.2 Å². The number of carbonyl (C=O) groups is 2. The first-order chi connectivity index (χ1) is 12.1. The van der Waals surface area contributed by atoms with E-state index in [4.69, 9.17) is 11.6 Å². The molecule has 2 aliphatic rings. The first-order valence-corrected chi connectivity index (χ1v) is 8.91. The molecule has 2 saturated heterocycles. The van der Waals surface area contributed by atoms with Crippen LogP contribution < -0.4 is 0 Å². The Morgan fingerprint density at radius 3 is 2.46 bits per heavy atom. The third-order valence-corrected chi connectivity index (χ3v) is 5.68. The first kappa shape index (κ1) is 19.0. The summed E-state index contributed by atoms with van der Waals surface area (Å²) in [7, 11) is 0. The quantitative estimate of drug-likeness (QED) is 0.733. The summed E-state index contributed by atoms with van der Waals surface area (Å²) in [5.41, 5.74) is -1.17. The third kappa shape index (κ3) is 3.68. The zero-order chi connectivity index (χ0) is 19.1. The highest BCUT2D eigenvalue weighted by molar-refractivity contribution is 6.31. The average Bonchev–Trinajstić information content (AvgIpc) is 2.97. The largest absolute Gasteiger partial charge is 0.417 e. The van der Waals surface area contributed by atoms with Crippen LogP contribution in [0.3, 0.4) is 0 Å². The van der Waals surface area contributed by atoms with Crippen molar-refractivity contribution in [1.29, 1.82) is 0 Å². The van der Waals surface area contributed by atoms with Crippen molar-refractivity contribution in [1.82, 2.24) is 9.80 Å². The lowest BCUT2D eigenvalue weighted by Crippen LogP contribution is -2.47. The van der Waals surface area contributed by atoms with E-state index in [1.54, 1.807) is 9.80 Å². The lowest BCUT2D eigenvalue weighted by molar-refractivity contribution is -0.137. The Morgan fingerprint density at radius 2 is 1.81 bits per heavy atom. The van der Waals surface area contributed by atoms with E-state index in [0.29, 0.717) is 19.6 Å². The molecule has 1 aromatic rings. The van der Waals surface area contributed by atoms with Crippen LogP contribution in [0.1, 0.15) is 42.1 Å². The summed E-state index contributed by atoms with van der Waals surface area (Å²) in [6.45, 7) is 3.79. The molecule has 1 atom stereocenters.